The maximum atomic E-state index is 12.4. The number of alkyl halides is 1. The largest absolute Gasteiger partial charge is 0.276 e. The van der Waals surface area contributed by atoms with Gasteiger partial charge in [-0.1, -0.05) is 46.3 Å². The van der Waals surface area contributed by atoms with Crippen LogP contribution in [0.1, 0.15) is 10.4 Å². The summed E-state index contributed by atoms with van der Waals surface area (Å²) in [5.41, 5.74) is 0.554. The molecule has 0 spiro atoms. The lowest BCUT2D eigenvalue weighted by atomic mass is 10.0. The molecular weight excluding hydrogens is 308 g/mol. The number of hydrazine groups is 1. The number of carbonyl (C=O) groups is 2. The molecule has 0 radical (unpaired) electrons. The molecule has 4 nitrogen and oxygen atoms in total. The molecule has 0 saturated carbocycles. The Morgan fingerprint density at radius 2 is 1.89 bits per heavy atom. The van der Waals surface area contributed by atoms with Gasteiger partial charge in [0.15, 0.2) is 0 Å². The van der Waals surface area contributed by atoms with Crippen molar-refractivity contribution >= 4 is 27.7 Å². The Bertz CT molecular complexity index is 582. The van der Waals surface area contributed by atoms with Crippen molar-refractivity contribution in [1.82, 2.24) is 10.0 Å². The normalized spacial score (nSPS) is 24.8. The fourth-order valence-electron chi connectivity index (χ4n) is 2.15. The number of nitrogens with zero attached hydrogens (tertiary/aromatic N) is 2. The van der Waals surface area contributed by atoms with Crippen LogP contribution in [0.2, 0.25) is 0 Å². The van der Waals surface area contributed by atoms with Gasteiger partial charge in [0.25, 0.3) is 11.8 Å². The highest BCUT2D eigenvalue weighted by Crippen LogP contribution is 2.31. The number of β-lactam (4-membered cyclic amide) rings is 1. The van der Waals surface area contributed by atoms with Crippen LogP contribution >= 0.6 is 15.9 Å². The first-order valence-electron chi connectivity index (χ1n) is 5.91. The third-order valence-corrected chi connectivity index (χ3v) is 4.08. The van der Waals surface area contributed by atoms with E-state index in [1.54, 1.807) is 36.5 Å². The monoisotopic (exact) mass is 318 g/mol. The van der Waals surface area contributed by atoms with Crippen LogP contribution < -0.4 is 0 Å². The molecule has 2 aliphatic rings. The van der Waals surface area contributed by atoms with E-state index in [1.807, 2.05) is 18.2 Å². The molecule has 96 valence electrons. The highest BCUT2D eigenvalue weighted by molar-refractivity contribution is 9.10. The summed E-state index contributed by atoms with van der Waals surface area (Å²) in [6, 6.07) is 8.81. The SMILES string of the molecule is O=C(c1ccccc1)N1C=CC=C[C@@H]2[C@@H](Br)C(=O)N21. The lowest BCUT2D eigenvalue weighted by Crippen LogP contribution is -2.67. The van der Waals surface area contributed by atoms with Crippen molar-refractivity contribution in [1.29, 1.82) is 0 Å². The van der Waals surface area contributed by atoms with Crippen molar-refractivity contribution < 1.29 is 9.59 Å². The molecule has 3 rings (SSSR count). The second-order valence-electron chi connectivity index (χ2n) is 4.32. The molecule has 2 atom stereocenters. The summed E-state index contributed by atoms with van der Waals surface area (Å²) in [7, 11) is 0. The van der Waals surface area contributed by atoms with E-state index in [9.17, 15) is 9.59 Å². The highest BCUT2D eigenvalue weighted by atomic mass is 79.9. The molecule has 0 aliphatic carbocycles. The average molecular weight is 319 g/mol. The summed E-state index contributed by atoms with van der Waals surface area (Å²) in [6.45, 7) is 0. The molecular formula is C14H11BrN2O2. The van der Waals surface area contributed by atoms with Gasteiger partial charge >= 0.3 is 0 Å². The number of rotatable bonds is 1. The van der Waals surface area contributed by atoms with Gasteiger partial charge in [-0.3, -0.25) is 9.59 Å². The van der Waals surface area contributed by atoms with Gasteiger partial charge in [-0.15, -0.1) is 0 Å². The van der Waals surface area contributed by atoms with E-state index in [-0.39, 0.29) is 22.7 Å². The number of carbonyl (C=O) groups excluding carboxylic acids is 2. The van der Waals surface area contributed by atoms with E-state index in [1.165, 1.54) is 10.0 Å². The predicted molar refractivity (Wildman–Crippen MR) is 74.2 cm³/mol. The topological polar surface area (TPSA) is 40.6 Å². The minimum absolute atomic E-state index is 0.106. The van der Waals surface area contributed by atoms with E-state index < -0.39 is 0 Å². The van der Waals surface area contributed by atoms with E-state index in [0.717, 1.165) is 0 Å². The number of hydrogen-bond acceptors (Lipinski definition) is 2. The van der Waals surface area contributed by atoms with Gasteiger partial charge in [0.1, 0.15) is 4.83 Å². The fraction of sp³-hybridized carbons (Fsp3) is 0.143. The summed E-state index contributed by atoms with van der Waals surface area (Å²) in [5, 5.41) is 2.84. The third-order valence-electron chi connectivity index (χ3n) is 3.15. The molecule has 0 aromatic heterocycles. The first-order valence-corrected chi connectivity index (χ1v) is 6.82. The van der Waals surface area contributed by atoms with E-state index in [0.29, 0.717) is 5.56 Å². The summed E-state index contributed by atoms with van der Waals surface area (Å²) in [6.07, 6.45) is 7.11. The van der Waals surface area contributed by atoms with Gasteiger partial charge in [-0.2, -0.15) is 0 Å². The van der Waals surface area contributed by atoms with E-state index >= 15 is 0 Å². The first kappa shape index (κ1) is 12.2. The molecule has 5 heteroatoms. The quantitative estimate of drug-likeness (QED) is 0.587. The maximum absolute atomic E-state index is 12.4. The number of benzene rings is 1. The molecule has 2 heterocycles. The molecule has 0 bridgehead atoms. The van der Waals surface area contributed by atoms with Gasteiger partial charge < -0.3 is 0 Å². The zero-order chi connectivity index (χ0) is 13.4. The molecule has 1 saturated heterocycles. The van der Waals surface area contributed by atoms with Gasteiger partial charge in [0.2, 0.25) is 0 Å². The second-order valence-corrected chi connectivity index (χ2v) is 5.30. The lowest BCUT2D eigenvalue weighted by molar-refractivity contribution is -0.157. The van der Waals surface area contributed by atoms with Crippen LogP contribution in [0.15, 0.2) is 54.8 Å². The number of halogens is 1. The van der Waals surface area contributed by atoms with E-state index in [4.69, 9.17) is 0 Å². The van der Waals surface area contributed by atoms with Crippen molar-refractivity contribution in [3.8, 4) is 0 Å². The van der Waals surface area contributed by atoms with Crippen molar-refractivity contribution in [2.24, 2.45) is 0 Å². The molecule has 0 unspecified atom stereocenters. The minimum atomic E-state index is -0.255. The zero-order valence-corrected chi connectivity index (χ0v) is 11.5. The molecule has 2 aliphatic heterocycles. The first-order chi connectivity index (χ1) is 9.20. The Balaban J connectivity index is 1.92. The predicted octanol–water partition coefficient (Wildman–Crippen LogP) is 2.10. The molecule has 0 N–H and O–H groups in total. The van der Waals surface area contributed by atoms with Crippen molar-refractivity contribution in [2.45, 2.75) is 10.9 Å². The maximum Gasteiger partial charge on any atom is 0.276 e. The second kappa shape index (κ2) is 4.66. The third kappa shape index (κ3) is 1.90. The van der Waals surface area contributed by atoms with Crippen molar-refractivity contribution in [3.63, 3.8) is 0 Å². The Morgan fingerprint density at radius 3 is 2.63 bits per heavy atom. The fourth-order valence-corrected chi connectivity index (χ4v) is 2.76. The number of hydrogen-bond donors (Lipinski definition) is 0. The summed E-state index contributed by atoms with van der Waals surface area (Å²) >= 11 is 3.33. The van der Waals surface area contributed by atoms with Gasteiger partial charge in [-0.05, 0) is 18.2 Å². The summed E-state index contributed by atoms with van der Waals surface area (Å²) < 4.78 is 0. The molecule has 1 fully saturated rings. The molecule has 1 aromatic carbocycles. The number of amides is 2. The van der Waals surface area contributed by atoms with E-state index in [2.05, 4.69) is 15.9 Å². The zero-order valence-electron chi connectivity index (χ0n) is 9.94. The summed E-state index contributed by atoms with van der Waals surface area (Å²) in [5.74, 6) is -0.316. The summed E-state index contributed by atoms with van der Waals surface area (Å²) in [4.78, 5) is 24.1. The molecule has 2 amide bonds. The van der Waals surface area contributed by atoms with Crippen LogP contribution in [0.5, 0.6) is 0 Å². The van der Waals surface area contributed by atoms with Crippen molar-refractivity contribution in [2.75, 3.05) is 0 Å². The Hall–Kier alpha value is -1.88. The Kier molecular flexibility index (Phi) is 2.98. The van der Waals surface area contributed by atoms with Crippen LogP contribution in [0.4, 0.5) is 0 Å². The highest BCUT2D eigenvalue weighted by Gasteiger charge is 2.48. The van der Waals surface area contributed by atoms with Gasteiger partial charge in [0.05, 0.1) is 6.04 Å². The van der Waals surface area contributed by atoms with Crippen LogP contribution in [-0.4, -0.2) is 32.7 Å². The van der Waals surface area contributed by atoms with Crippen LogP contribution in [0, 0.1) is 0 Å². The van der Waals surface area contributed by atoms with Gasteiger partial charge in [0, 0.05) is 11.8 Å². The van der Waals surface area contributed by atoms with Crippen LogP contribution in [0.25, 0.3) is 0 Å². The molecule has 19 heavy (non-hydrogen) atoms. The average Bonchev–Trinajstić information content (AvgIpc) is 2.67. The van der Waals surface area contributed by atoms with Crippen molar-refractivity contribution in [3.05, 3.63) is 60.3 Å². The standard InChI is InChI=1S/C14H11BrN2O2/c15-12-11-8-4-5-9-16(17(11)14(12)19)13(18)10-6-2-1-3-7-10/h1-9,11-12H/t11-,12-/m1/s1. The molecule has 1 aromatic rings. The Labute approximate surface area is 119 Å². The smallest absolute Gasteiger partial charge is 0.272 e. The number of allylic oxidation sites excluding steroid dienone is 2. The minimum Gasteiger partial charge on any atom is -0.272 e. The number of fused-ring (bicyclic) bond motifs is 1. The van der Waals surface area contributed by atoms with Crippen LogP contribution in [0.3, 0.4) is 0 Å². The van der Waals surface area contributed by atoms with Gasteiger partial charge in [-0.25, -0.2) is 10.0 Å². The Morgan fingerprint density at radius 1 is 1.16 bits per heavy atom. The van der Waals surface area contributed by atoms with Crippen LogP contribution in [-0.2, 0) is 4.79 Å². The lowest BCUT2D eigenvalue weighted by Gasteiger charge is -2.46.